The van der Waals surface area contributed by atoms with Crippen LogP contribution in [0.2, 0.25) is 0 Å². The van der Waals surface area contributed by atoms with E-state index in [0.717, 1.165) is 47.6 Å². The predicted molar refractivity (Wildman–Crippen MR) is 95.1 cm³/mol. The molecule has 2 aromatic heterocycles. The van der Waals surface area contributed by atoms with Crippen molar-refractivity contribution in [3.8, 4) is 5.69 Å². The zero-order chi connectivity index (χ0) is 16.4. The summed E-state index contributed by atoms with van der Waals surface area (Å²) in [6.07, 6.45) is 2.92. The molecular weight excluding hydrogens is 284 g/mol. The zero-order valence-corrected chi connectivity index (χ0v) is 14.1. The van der Waals surface area contributed by atoms with Crippen LogP contribution in [-0.2, 0) is 12.8 Å². The minimum Gasteiger partial charge on any atom is -0.330 e. The molecule has 0 saturated heterocycles. The van der Waals surface area contributed by atoms with Gasteiger partial charge < -0.3 is 5.73 Å². The first-order chi connectivity index (χ1) is 11.1. The fourth-order valence-corrected chi connectivity index (χ4v) is 3.11. The molecule has 2 N–H and O–H groups in total. The number of nitrogens with two attached hydrogens (primary N) is 1. The molecule has 2 heterocycles. The van der Waals surface area contributed by atoms with Gasteiger partial charge in [0.25, 0.3) is 0 Å². The number of hydrogen-bond donors (Lipinski definition) is 1. The summed E-state index contributed by atoms with van der Waals surface area (Å²) in [5, 5.41) is 0. The highest BCUT2D eigenvalue weighted by atomic mass is 15.1. The molecule has 3 rings (SSSR count). The van der Waals surface area contributed by atoms with Gasteiger partial charge in [-0.3, -0.25) is 4.57 Å². The van der Waals surface area contributed by atoms with Crippen LogP contribution in [0.1, 0.15) is 36.0 Å². The Labute approximate surface area is 137 Å². The normalized spacial score (nSPS) is 11.3. The first-order valence-electron chi connectivity index (χ1n) is 8.29. The average Bonchev–Trinajstić information content (AvgIpc) is 2.87. The van der Waals surface area contributed by atoms with Gasteiger partial charge in [0.2, 0.25) is 0 Å². The number of imidazole rings is 1. The van der Waals surface area contributed by atoms with Gasteiger partial charge in [0.15, 0.2) is 5.65 Å². The second-order valence-electron chi connectivity index (χ2n) is 6.07. The van der Waals surface area contributed by atoms with E-state index in [9.17, 15) is 0 Å². The molecule has 4 heteroatoms. The predicted octanol–water partition coefficient (Wildman–Crippen LogP) is 3.49. The number of benzene rings is 1. The van der Waals surface area contributed by atoms with Crippen molar-refractivity contribution in [1.82, 2.24) is 14.5 Å². The van der Waals surface area contributed by atoms with E-state index in [4.69, 9.17) is 10.7 Å². The lowest BCUT2D eigenvalue weighted by Gasteiger charge is -2.11. The van der Waals surface area contributed by atoms with Gasteiger partial charge in [-0.2, -0.15) is 0 Å². The standard InChI is InChI=1S/C19H24N4/c1-4-5-17-22-19-18(13(2)12-14(3)21-19)23(17)16-8-6-15(7-9-16)10-11-20/h6-9,12H,4-5,10-11,20H2,1-3H3. The topological polar surface area (TPSA) is 56.7 Å². The van der Waals surface area contributed by atoms with Gasteiger partial charge >= 0.3 is 0 Å². The van der Waals surface area contributed by atoms with Crippen LogP contribution >= 0.6 is 0 Å². The van der Waals surface area contributed by atoms with Gasteiger partial charge in [0.05, 0.1) is 5.52 Å². The van der Waals surface area contributed by atoms with E-state index in [-0.39, 0.29) is 0 Å². The summed E-state index contributed by atoms with van der Waals surface area (Å²) in [4.78, 5) is 9.42. The highest BCUT2D eigenvalue weighted by molar-refractivity contribution is 5.78. The van der Waals surface area contributed by atoms with Crippen molar-refractivity contribution in [1.29, 1.82) is 0 Å². The summed E-state index contributed by atoms with van der Waals surface area (Å²) in [6.45, 7) is 7.01. The summed E-state index contributed by atoms with van der Waals surface area (Å²) in [7, 11) is 0. The quantitative estimate of drug-likeness (QED) is 0.785. The molecule has 0 spiro atoms. The van der Waals surface area contributed by atoms with Gasteiger partial charge in [-0.15, -0.1) is 0 Å². The van der Waals surface area contributed by atoms with E-state index in [1.54, 1.807) is 0 Å². The fraction of sp³-hybridized carbons (Fsp3) is 0.368. The third-order valence-electron chi connectivity index (χ3n) is 4.11. The van der Waals surface area contributed by atoms with E-state index in [0.29, 0.717) is 6.54 Å². The number of aromatic nitrogens is 3. The van der Waals surface area contributed by atoms with Crippen LogP contribution in [0, 0.1) is 13.8 Å². The lowest BCUT2D eigenvalue weighted by molar-refractivity contribution is 0.817. The van der Waals surface area contributed by atoms with E-state index in [1.165, 1.54) is 11.1 Å². The number of rotatable bonds is 5. The molecule has 23 heavy (non-hydrogen) atoms. The van der Waals surface area contributed by atoms with E-state index in [2.05, 4.69) is 53.7 Å². The summed E-state index contributed by atoms with van der Waals surface area (Å²) in [5.41, 5.74) is 12.2. The van der Waals surface area contributed by atoms with Crippen molar-refractivity contribution in [2.24, 2.45) is 5.73 Å². The van der Waals surface area contributed by atoms with Gasteiger partial charge in [-0.05, 0) is 62.6 Å². The van der Waals surface area contributed by atoms with E-state index in [1.807, 2.05) is 6.92 Å². The Balaban J connectivity index is 2.19. The largest absolute Gasteiger partial charge is 0.330 e. The summed E-state index contributed by atoms with van der Waals surface area (Å²) in [5.74, 6) is 1.08. The second-order valence-corrected chi connectivity index (χ2v) is 6.07. The van der Waals surface area contributed by atoms with Gasteiger partial charge in [0, 0.05) is 17.8 Å². The molecule has 0 radical (unpaired) electrons. The fourth-order valence-electron chi connectivity index (χ4n) is 3.11. The van der Waals surface area contributed by atoms with Crippen molar-refractivity contribution in [2.75, 3.05) is 6.54 Å². The maximum Gasteiger partial charge on any atom is 0.178 e. The van der Waals surface area contributed by atoms with Crippen molar-refractivity contribution >= 4 is 11.2 Å². The maximum absolute atomic E-state index is 5.64. The molecule has 0 atom stereocenters. The van der Waals surface area contributed by atoms with Crippen LogP contribution in [0.5, 0.6) is 0 Å². The number of nitrogens with zero attached hydrogens (tertiary/aromatic N) is 3. The Morgan fingerprint density at radius 3 is 2.43 bits per heavy atom. The second kappa shape index (κ2) is 6.50. The summed E-state index contributed by atoms with van der Waals surface area (Å²) in [6, 6.07) is 10.7. The monoisotopic (exact) mass is 308 g/mol. The number of fused-ring (bicyclic) bond motifs is 1. The molecule has 0 aliphatic carbocycles. The lowest BCUT2D eigenvalue weighted by atomic mass is 10.1. The third kappa shape index (κ3) is 2.99. The van der Waals surface area contributed by atoms with Crippen LogP contribution < -0.4 is 5.73 Å². The molecule has 0 bridgehead atoms. The van der Waals surface area contributed by atoms with Gasteiger partial charge in [-0.25, -0.2) is 9.97 Å². The van der Waals surface area contributed by atoms with Crippen molar-refractivity contribution in [3.63, 3.8) is 0 Å². The number of hydrogen-bond acceptors (Lipinski definition) is 3. The average molecular weight is 308 g/mol. The van der Waals surface area contributed by atoms with Crippen LogP contribution in [0.25, 0.3) is 16.9 Å². The van der Waals surface area contributed by atoms with Gasteiger partial charge in [0.1, 0.15) is 5.82 Å². The zero-order valence-electron chi connectivity index (χ0n) is 14.1. The third-order valence-corrected chi connectivity index (χ3v) is 4.11. The Kier molecular flexibility index (Phi) is 4.44. The Morgan fingerprint density at radius 2 is 1.78 bits per heavy atom. The highest BCUT2D eigenvalue weighted by Crippen LogP contribution is 2.25. The van der Waals surface area contributed by atoms with Crippen LogP contribution in [0.3, 0.4) is 0 Å². The Hall–Kier alpha value is -2.20. The molecule has 4 nitrogen and oxygen atoms in total. The Bertz CT molecular complexity index is 815. The van der Waals surface area contributed by atoms with Crippen LogP contribution in [-0.4, -0.2) is 21.1 Å². The molecule has 0 unspecified atom stereocenters. The minimum atomic E-state index is 0.677. The first-order valence-corrected chi connectivity index (χ1v) is 8.29. The van der Waals surface area contributed by atoms with Gasteiger partial charge in [-0.1, -0.05) is 19.1 Å². The number of aryl methyl sites for hydroxylation is 3. The highest BCUT2D eigenvalue weighted by Gasteiger charge is 2.15. The summed E-state index contributed by atoms with van der Waals surface area (Å²) >= 11 is 0. The van der Waals surface area contributed by atoms with Crippen molar-refractivity contribution < 1.29 is 0 Å². The summed E-state index contributed by atoms with van der Waals surface area (Å²) < 4.78 is 2.26. The molecule has 0 saturated carbocycles. The van der Waals surface area contributed by atoms with E-state index >= 15 is 0 Å². The maximum atomic E-state index is 5.64. The SMILES string of the molecule is CCCc1nc2nc(C)cc(C)c2n1-c1ccc(CCN)cc1. The molecule has 3 aromatic rings. The van der Waals surface area contributed by atoms with Crippen molar-refractivity contribution in [2.45, 2.75) is 40.0 Å². The van der Waals surface area contributed by atoms with Crippen molar-refractivity contribution in [3.05, 3.63) is 53.0 Å². The molecular formula is C19H24N4. The van der Waals surface area contributed by atoms with Crippen LogP contribution in [0.15, 0.2) is 30.3 Å². The molecule has 120 valence electrons. The first kappa shape index (κ1) is 15.7. The molecule has 0 amide bonds. The molecule has 0 aliphatic heterocycles. The number of pyridine rings is 1. The lowest BCUT2D eigenvalue weighted by Crippen LogP contribution is -2.04. The smallest absolute Gasteiger partial charge is 0.178 e. The van der Waals surface area contributed by atoms with Crippen LogP contribution in [0.4, 0.5) is 0 Å². The minimum absolute atomic E-state index is 0.677. The molecule has 1 aromatic carbocycles. The molecule has 0 aliphatic rings. The molecule has 0 fully saturated rings. The Morgan fingerprint density at radius 1 is 1.04 bits per heavy atom. The van der Waals surface area contributed by atoms with E-state index < -0.39 is 0 Å².